The van der Waals surface area contributed by atoms with Crippen LogP contribution < -0.4 is 20.1 Å². The summed E-state index contributed by atoms with van der Waals surface area (Å²) in [6.45, 7) is 5.39. The van der Waals surface area contributed by atoms with Gasteiger partial charge in [0.1, 0.15) is 12.5 Å². The van der Waals surface area contributed by atoms with Crippen LogP contribution in [0.3, 0.4) is 0 Å². The Morgan fingerprint density at radius 2 is 1.73 bits per heavy atom. The Labute approximate surface area is 200 Å². The minimum absolute atomic E-state index is 0.0133. The van der Waals surface area contributed by atoms with Gasteiger partial charge in [-0.1, -0.05) is 17.7 Å². The monoisotopic (exact) mass is 469 g/mol. The van der Waals surface area contributed by atoms with Crippen LogP contribution in [0.4, 0.5) is 5.69 Å². The van der Waals surface area contributed by atoms with Gasteiger partial charge in [0.15, 0.2) is 11.5 Å². The van der Waals surface area contributed by atoms with Gasteiger partial charge in [0.05, 0.1) is 5.92 Å². The fourth-order valence-electron chi connectivity index (χ4n) is 4.49. The highest BCUT2D eigenvalue weighted by Crippen LogP contribution is 2.31. The second-order valence-corrected chi connectivity index (χ2v) is 9.19. The van der Waals surface area contributed by atoms with Crippen LogP contribution in [0, 0.1) is 5.92 Å². The number of primary amides is 1. The van der Waals surface area contributed by atoms with E-state index in [1.165, 1.54) is 44.5 Å². The molecule has 7 heteroatoms. The molecule has 0 spiro atoms. The third-order valence-electron chi connectivity index (χ3n) is 6.37. The zero-order valence-electron chi connectivity index (χ0n) is 18.9. The molecule has 1 amide bonds. The number of hydrogen-bond donors (Lipinski definition) is 1. The molecule has 2 N–H and O–H groups in total. The van der Waals surface area contributed by atoms with E-state index in [1.807, 2.05) is 30.3 Å². The number of nitrogens with two attached hydrogens (primary N) is 1. The van der Waals surface area contributed by atoms with Gasteiger partial charge in [0.2, 0.25) is 5.91 Å². The lowest BCUT2D eigenvalue weighted by Gasteiger charge is -2.17. The van der Waals surface area contributed by atoms with Crippen LogP contribution in [0.2, 0.25) is 5.02 Å². The average molecular weight is 470 g/mol. The topological polar surface area (TPSA) is 68.0 Å². The van der Waals surface area contributed by atoms with E-state index in [9.17, 15) is 4.79 Å². The van der Waals surface area contributed by atoms with Crippen molar-refractivity contribution in [2.24, 2.45) is 11.7 Å². The van der Waals surface area contributed by atoms with Crippen molar-refractivity contribution < 1.29 is 14.3 Å². The van der Waals surface area contributed by atoms with Crippen molar-refractivity contribution >= 4 is 23.2 Å². The Morgan fingerprint density at radius 1 is 1.00 bits per heavy atom. The second kappa shape index (κ2) is 11.4. The molecular formula is C26H32ClN3O3. The molecule has 0 aromatic heterocycles. The molecule has 6 nitrogen and oxygen atoms in total. The Morgan fingerprint density at radius 3 is 2.42 bits per heavy atom. The van der Waals surface area contributed by atoms with Crippen molar-refractivity contribution in [2.75, 3.05) is 37.6 Å². The molecule has 33 heavy (non-hydrogen) atoms. The average Bonchev–Trinajstić information content (AvgIpc) is 3.53. The SMILES string of the molecule is C1=COc2cc(CCCN3CCCC3)ccc2O1.NC(=O)C1CCN(c2ccc(Cl)cc2)C1. The first-order valence-corrected chi connectivity index (χ1v) is 12.1. The fraction of sp³-hybridized carbons (Fsp3) is 0.423. The third kappa shape index (κ3) is 6.65. The fourth-order valence-corrected chi connectivity index (χ4v) is 4.62. The summed E-state index contributed by atoms with van der Waals surface area (Å²) < 4.78 is 10.8. The smallest absolute Gasteiger partial charge is 0.222 e. The van der Waals surface area contributed by atoms with E-state index in [-0.39, 0.29) is 11.8 Å². The molecule has 176 valence electrons. The molecule has 2 aromatic rings. The van der Waals surface area contributed by atoms with Crippen LogP contribution in [0.5, 0.6) is 11.5 Å². The number of fused-ring (bicyclic) bond motifs is 1. The second-order valence-electron chi connectivity index (χ2n) is 8.75. The van der Waals surface area contributed by atoms with Gasteiger partial charge < -0.3 is 25.0 Å². The summed E-state index contributed by atoms with van der Waals surface area (Å²) in [6.07, 6.45) is 9.06. The molecular weight excluding hydrogens is 438 g/mol. The molecule has 2 saturated heterocycles. The zero-order valence-corrected chi connectivity index (χ0v) is 19.7. The van der Waals surface area contributed by atoms with Crippen molar-refractivity contribution in [3.63, 3.8) is 0 Å². The summed E-state index contributed by atoms with van der Waals surface area (Å²) in [7, 11) is 0. The van der Waals surface area contributed by atoms with E-state index in [1.54, 1.807) is 12.5 Å². The lowest BCUT2D eigenvalue weighted by Crippen LogP contribution is -2.27. The van der Waals surface area contributed by atoms with Crippen LogP contribution in [0.25, 0.3) is 0 Å². The van der Waals surface area contributed by atoms with Gasteiger partial charge in [-0.25, -0.2) is 0 Å². The third-order valence-corrected chi connectivity index (χ3v) is 6.63. The maximum absolute atomic E-state index is 11.0. The van der Waals surface area contributed by atoms with E-state index < -0.39 is 0 Å². The van der Waals surface area contributed by atoms with Gasteiger partial charge in [-0.05, 0) is 93.7 Å². The maximum Gasteiger partial charge on any atom is 0.222 e. The van der Waals surface area contributed by atoms with Crippen LogP contribution in [0.1, 0.15) is 31.2 Å². The summed E-state index contributed by atoms with van der Waals surface area (Å²) in [5.41, 5.74) is 7.70. The van der Waals surface area contributed by atoms with Crippen LogP contribution in [-0.2, 0) is 11.2 Å². The number of likely N-dealkylation sites (tertiary alicyclic amines) is 1. The van der Waals surface area contributed by atoms with E-state index >= 15 is 0 Å². The molecule has 0 aliphatic carbocycles. The zero-order chi connectivity index (χ0) is 23.0. The molecule has 2 aromatic carbocycles. The number of rotatable bonds is 6. The minimum Gasteiger partial charge on any atom is -0.458 e. The normalized spacial score (nSPS) is 19.3. The molecule has 0 bridgehead atoms. The first-order chi connectivity index (χ1) is 16.1. The number of benzene rings is 2. The van der Waals surface area contributed by atoms with E-state index in [4.69, 9.17) is 26.8 Å². The molecule has 3 heterocycles. The predicted octanol–water partition coefficient (Wildman–Crippen LogP) is 4.61. The van der Waals surface area contributed by atoms with Crippen molar-refractivity contribution in [1.82, 2.24) is 4.90 Å². The summed E-state index contributed by atoms with van der Waals surface area (Å²) >= 11 is 5.80. The Hall–Kier alpha value is -2.70. The Kier molecular flexibility index (Phi) is 8.13. The Bertz CT molecular complexity index is 958. The molecule has 0 saturated carbocycles. The lowest BCUT2D eigenvalue weighted by atomic mass is 10.1. The highest BCUT2D eigenvalue weighted by Gasteiger charge is 2.26. The summed E-state index contributed by atoms with van der Waals surface area (Å²) in [4.78, 5) is 15.7. The number of aryl methyl sites for hydroxylation is 1. The first-order valence-electron chi connectivity index (χ1n) is 11.7. The molecule has 3 aliphatic heterocycles. The van der Waals surface area contributed by atoms with E-state index in [0.29, 0.717) is 0 Å². The molecule has 2 fully saturated rings. The van der Waals surface area contributed by atoms with Gasteiger partial charge in [-0.3, -0.25) is 4.79 Å². The molecule has 5 rings (SSSR count). The van der Waals surface area contributed by atoms with Crippen molar-refractivity contribution in [3.8, 4) is 11.5 Å². The van der Waals surface area contributed by atoms with Gasteiger partial charge >= 0.3 is 0 Å². The first kappa shape index (κ1) is 23.5. The van der Waals surface area contributed by atoms with Gasteiger partial charge in [0, 0.05) is 23.8 Å². The number of nitrogens with zero attached hydrogens (tertiary/aromatic N) is 2. The molecule has 1 unspecified atom stereocenters. The number of carbonyl (C=O) groups is 1. The predicted molar refractivity (Wildman–Crippen MR) is 132 cm³/mol. The van der Waals surface area contributed by atoms with Crippen molar-refractivity contribution in [2.45, 2.75) is 32.1 Å². The largest absolute Gasteiger partial charge is 0.458 e. The summed E-state index contributed by atoms with van der Waals surface area (Å²) in [5.74, 6) is 1.42. The number of hydrogen-bond acceptors (Lipinski definition) is 5. The highest BCUT2D eigenvalue weighted by molar-refractivity contribution is 6.30. The number of carbonyl (C=O) groups excluding carboxylic acids is 1. The van der Waals surface area contributed by atoms with E-state index in [2.05, 4.69) is 21.9 Å². The number of ether oxygens (including phenoxy) is 2. The van der Waals surface area contributed by atoms with Crippen LogP contribution in [-0.4, -0.2) is 43.5 Å². The van der Waals surface area contributed by atoms with Gasteiger partial charge in [0.25, 0.3) is 0 Å². The van der Waals surface area contributed by atoms with Crippen molar-refractivity contribution in [1.29, 1.82) is 0 Å². The molecule has 0 radical (unpaired) electrons. The number of anilines is 1. The number of amides is 1. The molecule has 3 aliphatic rings. The number of halogens is 1. The summed E-state index contributed by atoms with van der Waals surface area (Å²) in [6, 6.07) is 13.8. The quantitative estimate of drug-likeness (QED) is 0.669. The minimum atomic E-state index is -0.202. The lowest BCUT2D eigenvalue weighted by molar-refractivity contribution is -0.121. The van der Waals surface area contributed by atoms with Crippen LogP contribution >= 0.6 is 11.6 Å². The Balaban J connectivity index is 0.000000160. The van der Waals surface area contributed by atoms with Gasteiger partial charge in [-0.15, -0.1) is 0 Å². The van der Waals surface area contributed by atoms with Crippen LogP contribution in [0.15, 0.2) is 55.0 Å². The highest BCUT2D eigenvalue weighted by atomic mass is 35.5. The van der Waals surface area contributed by atoms with Crippen molar-refractivity contribution in [3.05, 3.63) is 65.6 Å². The molecule has 1 atom stereocenters. The van der Waals surface area contributed by atoms with Gasteiger partial charge in [-0.2, -0.15) is 0 Å². The standard InChI is InChI=1S/C15H19NO2.C11H13ClN2O/c1-2-8-16(7-1)9-3-4-13-5-6-14-15(12-13)18-11-10-17-14;12-9-1-3-10(4-2-9)14-6-5-8(7-14)11(13)15/h5-6,10-12H,1-4,7-9H2;1-4,8H,5-7H2,(H2,13,15). The maximum atomic E-state index is 11.0. The van der Waals surface area contributed by atoms with E-state index in [0.717, 1.165) is 48.1 Å². The summed E-state index contributed by atoms with van der Waals surface area (Å²) in [5, 5.41) is 0.726.